The minimum Gasteiger partial charge on any atom is -0.333 e. The molecule has 2 aromatic heterocycles. The fourth-order valence-corrected chi connectivity index (χ4v) is 3.20. The first-order chi connectivity index (χ1) is 9.36. The van der Waals surface area contributed by atoms with Crippen LogP contribution in [0.2, 0.25) is 0 Å². The molecule has 0 atom stereocenters. The van der Waals surface area contributed by atoms with Gasteiger partial charge in [0.2, 0.25) is 0 Å². The standard InChI is InChI=1S/C13H18N4OS/c1-2-10-3-8-19-12(10)13-15-11(16-18-13)9-17-6-4-14-5-7-17/h3,8,14H,2,4-7,9H2,1H3. The van der Waals surface area contributed by atoms with Crippen LogP contribution in [-0.4, -0.2) is 41.2 Å². The van der Waals surface area contributed by atoms with E-state index in [1.54, 1.807) is 11.3 Å². The zero-order valence-electron chi connectivity index (χ0n) is 11.1. The van der Waals surface area contributed by atoms with Crippen LogP contribution in [0.15, 0.2) is 16.0 Å². The van der Waals surface area contributed by atoms with Crippen LogP contribution in [0.1, 0.15) is 18.3 Å². The minimum atomic E-state index is 0.664. The number of rotatable bonds is 4. The molecular formula is C13H18N4OS. The number of aryl methyl sites for hydroxylation is 1. The van der Waals surface area contributed by atoms with Gasteiger partial charge in [0, 0.05) is 26.2 Å². The van der Waals surface area contributed by atoms with Gasteiger partial charge >= 0.3 is 0 Å². The zero-order chi connectivity index (χ0) is 13.1. The first-order valence-electron chi connectivity index (χ1n) is 6.69. The maximum atomic E-state index is 5.40. The molecule has 1 fully saturated rings. The Bertz CT molecular complexity index is 530. The third kappa shape index (κ3) is 2.86. The highest BCUT2D eigenvalue weighted by Gasteiger charge is 2.16. The average molecular weight is 278 g/mol. The van der Waals surface area contributed by atoms with Gasteiger partial charge in [-0.2, -0.15) is 4.98 Å². The molecule has 0 bridgehead atoms. The lowest BCUT2D eigenvalue weighted by atomic mass is 10.2. The molecule has 3 rings (SSSR count). The molecule has 1 aliphatic heterocycles. The summed E-state index contributed by atoms with van der Waals surface area (Å²) in [4.78, 5) is 7.99. The average Bonchev–Trinajstić information content (AvgIpc) is 3.07. The van der Waals surface area contributed by atoms with E-state index in [2.05, 4.69) is 38.7 Å². The van der Waals surface area contributed by atoms with Gasteiger partial charge in [0.05, 0.1) is 11.4 Å². The molecule has 3 heterocycles. The van der Waals surface area contributed by atoms with Crippen molar-refractivity contribution in [2.45, 2.75) is 19.9 Å². The van der Waals surface area contributed by atoms with Crippen molar-refractivity contribution in [3.8, 4) is 10.8 Å². The van der Waals surface area contributed by atoms with Crippen LogP contribution in [0.3, 0.4) is 0 Å². The van der Waals surface area contributed by atoms with Crippen LogP contribution in [0, 0.1) is 0 Å². The van der Waals surface area contributed by atoms with Gasteiger partial charge in [-0.3, -0.25) is 4.90 Å². The molecule has 0 spiro atoms. The lowest BCUT2D eigenvalue weighted by Gasteiger charge is -2.25. The summed E-state index contributed by atoms with van der Waals surface area (Å²) in [5.41, 5.74) is 1.28. The van der Waals surface area contributed by atoms with E-state index in [1.165, 1.54) is 5.56 Å². The van der Waals surface area contributed by atoms with Gasteiger partial charge in [0.1, 0.15) is 0 Å². The third-order valence-corrected chi connectivity index (χ3v) is 4.31. The molecule has 0 amide bonds. The summed E-state index contributed by atoms with van der Waals surface area (Å²) >= 11 is 1.67. The van der Waals surface area contributed by atoms with E-state index in [4.69, 9.17) is 4.52 Å². The normalized spacial score (nSPS) is 16.9. The van der Waals surface area contributed by atoms with Crippen molar-refractivity contribution in [3.05, 3.63) is 22.8 Å². The van der Waals surface area contributed by atoms with E-state index in [1.807, 2.05) is 0 Å². The Morgan fingerprint density at radius 1 is 1.42 bits per heavy atom. The smallest absolute Gasteiger partial charge is 0.268 e. The predicted octanol–water partition coefficient (Wildman–Crippen LogP) is 1.77. The predicted molar refractivity (Wildman–Crippen MR) is 75.1 cm³/mol. The summed E-state index contributed by atoms with van der Waals surface area (Å²) in [5.74, 6) is 1.45. The molecule has 0 unspecified atom stereocenters. The Kier molecular flexibility index (Phi) is 3.91. The van der Waals surface area contributed by atoms with E-state index in [-0.39, 0.29) is 0 Å². The van der Waals surface area contributed by atoms with Gasteiger partial charge in [0.25, 0.3) is 5.89 Å². The first-order valence-corrected chi connectivity index (χ1v) is 7.57. The van der Waals surface area contributed by atoms with Crippen LogP contribution in [0.5, 0.6) is 0 Å². The van der Waals surface area contributed by atoms with Gasteiger partial charge in [-0.15, -0.1) is 11.3 Å². The summed E-state index contributed by atoms with van der Waals surface area (Å²) in [6.07, 6.45) is 0.994. The Balaban J connectivity index is 1.72. The molecule has 6 heteroatoms. The second-order valence-corrected chi connectivity index (χ2v) is 5.59. The Labute approximate surface area is 116 Å². The summed E-state index contributed by atoms with van der Waals surface area (Å²) in [5, 5.41) is 9.52. The van der Waals surface area contributed by atoms with Crippen molar-refractivity contribution in [2.24, 2.45) is 0 Å². The Hall–Kier alpha value is -1.24. The van der Waals surface area contributed by atoms with Gasteiger partial charge < -0.3 is 9.84 Å². The number of hydrogen-bond donors (Lipinski definition) is 1. The molecule has 19 heavy (non-hydrogen) atoms. The van der Waals surface area contributed by atoms with Gasteiger partial charge in [0.15, 0.2) is 5.82 Å². The minimum absolute atomic E-state index is 0.664. The van der Waals surface area contributed by atoms with Crippen molar-refractivity contribution < 1.29 is 4.52 Å². The molecule has 102 valence electrons. The van der Waals surface area contributed by atoms with Crippen LogP contribution in [-0.2, 0) is 13.0 Å². The lowest BCUT2D eigenvalue weighted by Crippen LogP contribution is -2.43. The third-order valence-electron chi connectivity index (χ3n) is 3.36. The second kappa shape index (κ2) is 5.81. The number of nitrogens with zero attached hydrogens (tertiary/aromatic N) is 3. The van der Waals surface area contributed by atoms with Crippen molar-refractivity contribution in [1.82, 2.24) is 20.4 Å². The molecule has 2 aromatic rings. The van der Waals surface area contributed by atoms with E-state index in [0.717, 1.165) is 49.8 Å². The number of hydrogen-bond acceptors (Lipinski definition) is 6. The quantitative estimate of drug-likeness (QED) is 0.923. The molecular weight excluding hydrogens is 260 g/mol. The van der Waals surface area contributed by atoms with Crippen molar-refractivity contribution in [3.63, 3.8) is 0 Å². The number of aromatic nitrogens is 2. The van der Waals surface area contributed by atoms with Gasteiger partial charge in [-0.25, -0.2) is 0 Å². The highest BCUT2D eigenvalue weighted by Crippen LogP contribution is 2.28. The fraction of sp³-hybridized carbons (Fsp3) is 0.538. The van der Waals surface area contributed by atoms with Crippen molar-refractivity contribution in [1.29, 1.82) is 0 Å². The number of thiophene rings is 1. The summed E-state index contributed by atoms with van der Waals surface area (Å²) in [6.45, 7) is 7.08. The number of nitrogens with one attached hydrogen (secondary N) is 1. The molecule has 0 aromatic carbocycles. The van der Waals surface area contributed by atoms with Crippen LogP contribution >= 0.6 is 11.3 Å². The van der Waals surface area contributed by atoms with E-state index >= 15 is 0 Å². The maximum absolute atomic E-state index is 5.40. The largest absolute Gasteiger partial charge is 0.333 e. The SMILES string of the molecule is CCc1ccsc1-c1nc(CN2CCNCC2)no1. The summed E-state index contributed by atoms with van der Waals surface area (Å²) in [7, 11) is 0. The highest BCUT2D eigenvalue weighted by molar-refractivity contribution is 7.13. The Morgan fingerprint density at radius 2 is 2.26 bits per heavy atom. The summed E-state index contributed by atoms with van der Waals surface area (Å²) in [6, 6.07) is 2.13. The van der Waals surface area contributed by atoms with Gasteiger partial charge in [-0.1, -0.05) is 12.1 Å². The summed E-state index contributed by atoms with van der Waals surface area (Å²) < 4.78 is 5.40. The van der Waals surface area contributed by atoms with Crippen LogP contribution in [0.25, 0.3) is 10.8 Å². The molecule has 1 aliphatic rings. The fourth-order valence-electron chi connectivity index (χ4n) is 2.28. The molecule has 0 saturated carbocycles. The highest BCUT2D eigenvalue weighted by atomic mass is 32.1. The topological polar surface area (TPSA) is 54.2 Å². The lowest BCUT2D eigenvalue weighted by molar-refractivity contribution is 0.225. The van der Waals surface area contributed by atoms with Gasteiger partial charge in [-0.05, 0) is 23.4 Å². The Morgan fingerprint density at radius 3 is 3.05 bits per heavy atom. The molecule has 1 saturated heterocycles. The van der Waals surface area contributed by atoms with E-state index in [0.29, 0.717) is 5.89 Å². The van der Waals surface area contributed by atoms with Crippen LogP contribution < -0.4 is 5.32 Å². The zero-order valence-corrected chi connectivity index (χ0v) is 11.9. The van der Waals surface area contributed by atoms with Crippen molar-refractivity contribution in [2.75, 3.05) is 26.2 Å². The molecule has 5 nitrogen and oxygen atoms in total. The van der Waals surface area contributed by atoms with E-state index in [9.17, 15) is 0 Å². The molecule has 0 aliphatic carbocycles. The maximum Gasteiger partial charge on any atom is 0.268 e. The second-order valence-electron chi connectivity index (χ2n) is 4.67. The number of piperazine rings is 1. The monoisotopic (exact) mass is 278 g/mol. The van der Waals surface area contributed by atoms with E-state index < -0.39 is 0 Å². The molecule has 0 radical (unpaired) electrons. The molecule has 1 N–H and O–H groups in total. The first kappa shape index (κ1) is 12.8. The van der Waals surface area contributed by atoms with Crippen LogP contribution in [0.4, 0.5) is 0 Å². The van der Waals surface area contributed by atoms with Crippen molar-refractivity contribution >= 4 is 11.3 Å².